The molecule has 1 heterocycles. The Hall–Kier alpha value is -2.42. The van der Waals surface area contributed by atoms with Gasteiger partial charge in [0.1, 0.15) is 11.5 Å². The van der Waals surface area contributed by atoms with Gasteiger partial charge in [-0.25, -0.2) is 9.07 Å². The number of aromatic nitrogens is 2. The molecule has 2 N–H and O–H groups in total. The van der Waals surface area contributed by atoms with Crippen LogP contribution in [-0.2, 0) is 6.18 Å². The molecule has 1 aromatic heterocycles. The Balaban J connectivity index is 2.46. The van der Waals surface area contributed by atoms with Crippen LogP contribution in [0.25, 0.3) is 5.69 Å². The number of benzene rings is 1. The Morgan fingerprint density at radius 2 is 1.96 bits per heavy atom. The maximum Gasteiger partial charge on any atom is 0.434 e. The highest BCUT2D eigenvalue weighted by Crippen LogP contribution is 2.34. The number of rotatable bonds is 5. The van der Waals surface area contributed by atoms with Crippen molar-refractivity contribution in [3.8, 4) is 5.69 Å². The van der Waals surface area contributed by atoms with E-state index in [1.165, 1.54) is 12.1 Å². The zero-order valence-corrected chi connectivity index (χ0v) is 12.1. The highest BCUT2D eigenvalue weighted by Gasteiger charge is 2.40. The van der Waals surface area contributed by atoms with Crippen LogP contribution >= 0.6 is 0 Å². The van der Waals surface area contributed by atoms with E-state index in [1.807, 2.05) is 0 Å². The predicted molar refractivity (Wildman–Crippen MR) is 74.8 cm³/mol. The first-order chi connectivity index (χ1) is 10.9. The van der Waals surface area contributed by atoms with Crippen LogP contribution in [0.3, 0.4) is 0 Å². The maximum absolute atomic E-state index is 13.8. The van der Waals surface area contributed by atoms with Gasteiger partial charge in [0.2, 0.25) is 0 Å². The second-order valence-electron chi connectivity index (χ2n) is 4.63. The van der Waals surface area contributed by atoms with E-state index in [4.69, 9.17) is 0 Å². The van der Waals surface area contributed by atoms with Gasteiger partial charge >= 0.3 is 6.18 Å². The van der Waals surface area contributed by atoms with Gasteiger partial charge in [0, 0.05) is 13.1 Å². The molecule has 0 aliphatic rings. The largest absolute Gasteiger partial charge is 0.434 e. The van der Waals surface area contributed by atoms with E-state index < -0.39 is 29.2 Å². The molecule has 0 saturated carbocycles. The molecule has 1 amide bonds. The summed E-state index contributed by atoms with van der Waals surface area (Å²) >= 11 is 0. The highest BCUT2D eigenvalue weighted by atomic mass is 19.4. The summed E-state index contributed by atoms with van der Waals surface area (Å²) in [5, 5.41) is 8.64. The van der Waals surface area contributed by atoms with Crippen LogP contribution < -0.4 is 10.6 Å². The van der Waals surface area contributed by atoms with E-state index in [1.54, 1.807) is 7.05 Å². The number of carbonyl (C=O) groups excluding carboxylic acids is 1. The smallest absolute Gasteiger partial charge is 0.351 e. The van der Waals surface area contributed by atoms with E-state index in [9.17, 15) is 22.4 Å². The minimum Gasteiger partial charge on any atom is -0.351 e. The first-order valence-corrected chi connectivity index (χ1v) is 6.69. The van der Waals surface area contributed by atoms with E-state index in [0.29, 0.717) is 11.2 Å². The highest BCUT2D eigenvalue weighted by molar-refractivity contribution is 5.95. The van der Waals surface area contributed by atoms with Gasteiger partial charge < -0.3 is 10.6 Å². The molecule has 0 saturated heterocycles. The third-order valence-corrected chi connectivity index (χ3v) is 3.02. The van der Waals surface area contributed by atoms with Crippen LogP contribution in [-0.4, -0.2) is 35.8 Å². The van der Waals surface area contributed by atoms with Crippen LogP contribution in [0, 0.1) is 5.82 Å². The fraction of sp³-hybridized carbons (Fsp3) is 0.286. The van der Waals surface area contributed by atoms with E-state index in [2.05, 4.69) is 15.7 Å². The summed E-state index contributed by atoms with van der Waals surface area (Å²) in [6.07, 6.45) is -4.08. The van der Waals surface area contributed by atoms with Crippen molar-refractivity contribution < 1.29 is 22.4 Å². The summed E-state index contributed by atoms with van der Waals surface area (Å²) in [5.74, 6) is -1.79. The lowest BCUT2D eigenvalue weighted by Crippen LogP contribution is -2.31. The molecule has 0 unspecified atom stereocenters. The first kappa shape index (κ1) is 16.9. The number of hydrogen-bond donors (Lipinski definition) is 2. The summed E-state index contributed by atoms with van der Waals surface area (Å²) in [6.45, 7) is 0.548. The third-order valence-electron chi connectivity index (χ3n) is 3.02. The molecule has 23 heavy (non-hydrogen) atoms. The van der Waals surface area contributed by atoms with E-state index >= 15 is 0 Å². The molecule has 0 bridgehead atoms. The topological polar surface area (TPSA) is 58.9 Å². The third kappa shape index (κ3) is 3.67. The lowest BCUT2D eigenvalue weighted by Gasteiger charge is -2.13. The molecule has 0 aliphatic carbocycles. The number of para-hydroxylation sites is 1. The van der Waals surface area contributed by atoms with Crippen molar-refractivity contribution in [2.45, 2.75) is 6.18 Å². The Kier molecular flexibility index (Phi) is 4.99. The Bertz CT molecular complexity index is 696. The molecule has 0 aliphatic heterocycles. The molecular formula is C14H14F4N4O. The van der Waals surface area contributed by atoms with Crippen molar-refractivity contribution in [3.63, 3.8) is 0 Å². The van der Waals surface area contributed by atoms with Crippen molar-refractivity contribution in [2.24, 2.45) is 0 Å². The van der Waals surface area contributed by atoms with Gasteiger partial charge in [-0.05, 0) is 19.2 Å². The van der Waals surface area contributed by atoms with Gasteiger partial charge in [0.25, 0.3) is 5.91 Å². The number of amides is 1. The lowest BCUT2D eigenvalue weighted by atomic mass is 10.2. The number of nitrogens with one attached hydrogen (secondary N) is 2. The van der Waals surface area contributed by atoms with Crippen molar-refractivity contribution in [1.29, 1.82) is 0 Å². The van der Waals surface area contributed by atoms with Crippen LogP contribution in [0.5, 0.6) is 0 Å². The second kappa shape index (κ2) is 6.78. The van der Waals surface area contributed by atoms with E-state index in [0.717, 1.165) is 18.3 Å². The molecular weight excluding hydrogens is 316 g/mol. The van der Waals surface area contributed by atoms with Gasteiger partial charge in [0.05, 0.1) is 11.8 Å². The van der Waals surface area contributed by atoms with Crippen molar-refractivity contribution >= 4 is 5.91 Å². The Morgan fingerprint density at radius 3 is 2.57 bits per heavy atom. The van der Waals surface area contributed by atoms with Gasteiger partial charge in [-0.1, -0.05) is 12.1 Å². The fourth-order valence-electron chi connectivity index (χ4n) is 1.99. The minimum absolute atomic E-state index is 0.150. The molecule has 5 nitrogen and oxygen atoms in total. The number of hydrogen-bond acceptors (Lipinski definition) is 3. The average Bonchev–Trinajstić information content (AvgIpc) is 2.93. The summed E-state index contributed by atoms with van der Waals surface area (Å²) in [5.41, 5.74) is -2.35. The molecule has 0 fully saturated rings. The van der Waals surface area contributed by atoms with Gasteiger partial charge in [0.15, 0.2) is 5.69 Å². The summed E-state index contributed by atoms with van der Waals surface area (Å²) in [6, 6.07) is 4.90. The summed E-state index contributed by atoms with van der Waals surface area (Å²) < 4.78 is 54.2. The van der Waals surface area contributed by atoms with Gasteiger partial charge in [-0.15, -0.1) is 0 Å². The number of nitrogens with zero attached hydrogens (tertiary/aromatic N) is 2. The number of likely N-dealkylation sites (N-methyl/N-ethyl adjacent to an activating group) is 1. The lowest BCUT2D eigenvalue weighted by molar-refractivity contribution is -0.143. The Morgan fingerprint density at radius 1 is 1.26 bits per heavy atom. The summed E-state index contributed by atoms with van der Waals surface area (Å²) in [4.78, 5) is 11.9. The van der Waals surface area contributed by atoms with Crippen LogP contribution in [0.2, 0.25) is 0 Å². The molecule has 1 aromatic carbocycles. The zero-order valence-electron chi connectivity index (χ0n) is 12.1. The van der Waals surface area contributed by atoms with Crippen LogP contribution in [0.4, 0.5) is 17.6 Å². The predicted octanol–water partition coefficient (Wildman–Crippen LogP) is 1.98. The molecule has 0 spiro atoms. The van der Waals surface area contributed by atoms with Gasteiger partial charge in [-0.3, -0.25) is 4.79 Å². The Labute approximate surface area is 129 Å². The van der Waals surface area contributed by atoms with Crippen LogP contribution in [0.15, 0.2) is 30.5 Å². The molecule has 124 valence electrons. The molecule has 9 heteroatoms. The van der Waals surface area contributed by atoms with Gasteiger partial charge in [-0.2, -0.15) is 18.3 Å². The maximum atomic E-state index is 13.8. The normalized spacial score (nSPS) is 11.5. The SMILES string of the molecule is CNCCNC(=O)c1cnn(-c2ccccc2F)c1C(F)(F)F. The first-order valence-electron chi connectivity index (χ1n) is 6.69. The minimum atomic E-state index is -4.87. The molecule has 0 radical (unpaired) electrons. The number of halogens is 4. The molecule has 2 aromatic rings. The second-order valence-corrected chi connectivity index (χ2v) is 4.63. The van der Waals surface area contributed by atoms with Crippen molar-refractivity contribution in [1.82, 2.24) is 20.4 Å². The summed E-state index contributed by atoms with van der Waals surface area (Å²) in [7, 11) is 1.64. The average molecular weight is 330 g/mol. The van der Waals surface area contributed by atoms with E-state index in [-0.39, 0.29) is 12.2 Å². The quantitative estimate of drug-likeness (QED) is 0.651. The molecule has 0 atom stereocenters. The monoisotopic (exact) mass is 330 g/mol. The van der Waals surface area contributed by atoms with Crippen LogP contribution in [0.1, 0.15) is 16.1 Å². The molecule has 2 rings (SSSR count). The zero-order chi connectivity index (χ0) is 17.0. The van der Waals surface area contributed by atoms with Crippen molar-refractivity contribution in [2.75, 3.05) is 20.1 Å². The number of carbonyl (C=O) groups is 1. The number of alkyl halides is 3. The fourth-order valence-corrected chi connectivity index (χ4v) is 1.99. The van der Waals surface area contributed by atoms with Crippen molar-refractivity contribution in [3.05, 3.63) is 47.5 Å². The standard InChI is InChI=1S/C14H14F4N4O/c1-19-6-7-20-13(23)9-8-21-22(12(9)14(16,17)18)11-5-3-2-4-10(11)15/h2-5,8,19H,6-7H2,1H3,(H,20,23).